The molecule has 0 aliphatic carbocycles. The standard InChI is InChI=1S/C11H9Br2NO2S2/c12-7-8-2-1-3-9(6-8)14-18(15,16)11-10(13)4-5-17-11/h1-6,14H,7H2. The monoisotopic (exact) mass is 409 g/mol. The van der Waals surface area contributed by atoms with Crippen LogP contribution in [0.3, 0.4) is 0 Å². The van der Waals surface area contributed by atoms with Crippen LogP contribution in [0.2, 0.25) is 0 Å². The Morgan fingerprint density at radius 1 is 1.28 bits per heavy atom. The second-order valence-electron chi connectivity index (χ2n) is 3.50. The van der Waals surface area contributed by atoms with E-state index in [1.54, 1.807) is 23.6 Å². The first kappa shape index (κ1) is 14.0. The molecule has 0 spiro atoms. The number of hydrogen-bond donors (Lipinski definition) is 1. The van der Waals surface area contributed by atoms with Crippen molar-refractivity contribution in [2.45, 2.75) is 9.54 Å². The van der Waals surface area contributed by atoms with Gasteiger partial charge in [0.1, 0.15) is 0 Å². The second kappa shape index (κ2) is 5.73. The van der Waals surface area contributed by atoms with Crippen LogP contribution in [0.25, 0.3) is 0 Å². The summed E-state index contributed by atoms with van der Waals surface area (Å²) < 4.78 is 27.7. The minimum atomic E-state index is -3.52. The number of benzene rings is 1. The molecule has 0 atom stereocenters. The van der Waals surface area contributed by atoms with E-state index in [0.717, 1.165) is 5.56 Å². The van der Waals surface area contributed by atoms with E-state index in [9.17, 15) is 8.42 Å². The quantitative estimate of drug-likeness (QED) is 0.767. The van der Waals surface area contributed by atoms with E-state index in [-0.39, 0.29) is 4.21 Å². The Morgan fingerprint density at radius 3 is 2.67 bits per heavy atom. The third-order valence-corrected chi connectivity index (χ3v) is 6.86. The van der Waals surface area contributed by atoms with Crippen LogP contribution < -0.4 is 4.72 Å². The molecule has 0 saturated heterocycles. The van der Waals surface area contributed by atoms with E-state index < -0.39 is 10.0 Å². The van der Waals surface area contributed by atoms with Gasteiger partial charge in [-0.3, -0.25) is 4.72 Å². The van der Waals surface area contributed by atoms with E-state index in [1.807, 2.05) is 12.1 Å². The highest BCUT2D eigenvalue weighted by Crippen LogP contribution is 2.29. The Hall–Kier alpha value is -0.370. The van der Waals surface area contributed by atoms with Crippen molar-refractivity contribution >= 4 is 58.9 Å². The molecule has 0 aliphatic heterocycles. The maximum atomic E-state index is 12.1. The molecular formula is C11H9Br2NO2S2. The lowest BCUT2D eigenvalue weighted by Gasteiger charge is -2.07. The first-order valence-electron chi connectivity index (χ1n) is 4.93. The van der Waals surface area contributed by atoms with Crippen molar-refractivity contribution in [2.75, 3.05) is 4.72 Å². The fraction of sp³-hybridized carbons (Fsp3) is 0.0909. The topological polar surface area (TPSA) is 46.2 Å². The van der Waals surface area contributed by atoms with Gasteiger partial charge in [0.25, 0.3) is 10.0 Å². The Labute approximate surface area is 127 Å². The highest BCUT2D eigenvalue weighted by molar-refractivity contribution is 9.10. The lowest BCUT2D eigenvalue weighted by Crippen LogP contribution is -2.12. The van der Waals surface area contributed by atoms with Crippen molar-refractivity contribution in [3.8, 4) is 0 Å². The fourth-order valence-electron chi connectivity index (χ4n) is 1.39. The van der Waals surface area contributed by atoms with Crippen molar-refractivity contribution in [3.63, 3.8) is 0 Å². The van der Waals surface area contributed by atoms with E-state index in [2.05, 4.69) is 36.6 Å². The van der Waals surface area contributed by atoms with Crippen LogP contribution in [0.4, 0.5) is 5.69 Å². The largest absolute Gasteiger partial charge is 0.279 e. The first-order valence-corrected chi connectivity index (χ1v) is 9.21. The molecule has 0 aliphatic rings. The molecule has 96 valence electrons. The Bertz CT molecular complexity index is 653. The van der Waals surface area contributed by atoms with Gasteiger partial charge in [0.15, 0.2) is 4.21 Å². The van der Waals surface area contributed by atoms with Gasteiger partial charge in [-0.1, -0.05) is 28.1 Å². The molecule has 18 heavy (non-hydrogen) atoms. The molecule has 1 N–H and O–H groups in total. The van der Waals surface area contributed by atoms with Gasteiger partial charge in [0.05, 0.1) is 0 Å². The van der Waals surface area contributed by atoms with E-state index in [0.29, 0.717) is 15.5 Å². The Morgan fingerprint density at radius 2 is 2.06 bits per heavy atom. The number of rotatable bonds is 4. The van der Waals surface area contributed by atoms with Crippen LogP contribution in [0.15, 0.2) is 44.4 Å². The molecule has 2 aromatic rings. The summed E-state index contributed by atoms with van der Waals surface area (Å²) in [6.07, 6.45) is 0. The highest BCUT2D eigenvalue weighted by atomic mass is 79.9. The summed E-state index contributed by atoms with van der Waals surface area (Å²) in [5.41, 5.74) is 1.58. The molecule has 0 fully saturated rings. The van der Waals surface area contributed by atoms with Gasteiger partial charge in [0.2, 0.25) is 0 Å². The zero-order chi connectivity index (χ0) is 13.2. The summed E-state index contributed by atoms with van der Waals surface area (Å²) in [5.74, 6) is 0. The van der Waals surface area contributed by atoms with E-state index in [4.69, 9.17) is 0 Å². The summed E-state index contributed by atoms with van der Waals surface area (Å²) >= 11 is 7.75. The van der Waals surface area contributed by atoms with Crippen molar-refractivity contribution in [1.29, 1.82) is 0 Å². The Kier molecular flexibility index (Phi) is 4.47. The van der Waals surface area contributed by atoms with Gasteiger partial charge < -0.3 is 0 Å². The van der Waals surface area contributed by atoms with Crippen molar-refractivity contribution in [1.82, 2.24) is 0 Å². The van der Waals surface area contributed by atoms with Crippen LogP contribution in [0, 0.1) is 0 Å². The zero-order valence-electron chi connectivity index (χ0n) is 9.06. The summed E-state index contributed by atoms with van der Waals surface area (Å²) in [7, 11) is -3.52. The summed E-state index contributed by atoms with van der Waals surface area (Å²) in [6, 6.07) is 8.98. The number of alkyl halides is 1. The van der Waals surface area contributed by atoms with E-state index >= 15 is 0 Å². The molecule has 2 rings (SSSR count). The van der Waals surface area contributed by atoms with Gasteiger partial charge in [-0.25, -0.2) is 8.42 Å². The normalized spacial score (nSPS) is 11.4. The average molecular weight is 411 g/mol. The molecule has 1 heterocycles. The van der Waals surface area contributed by atoms with Crippen LogP contribution in [-0.4, -0.2) is 8.42 Å². The summed E-state index contributed by atoms with van der Waals surface area (Å²) in [4.78, 5) is 0. The zero-order valence-corrected chi connectivity index (χ0v) is 13.9. The SMILES string of the molecule is O=S(=O)(Nc1cccc(CBr)c1)c1sccc1Br. The minimum Gasteiger partial charge on any atom is -0.279 e. The van der Waals surface area contributed by atoms with Crippen molar-refractivity contribution in [3.05, 3.63) is 45.7 Å². The molecule has 0 amide bonds. The summed E-state index contributed by atoms with van der Waals surface area (Å²) in [5, 5.41) is 2.42. The number of nitrogens with one attached hydrogen (secondary N) is 1. The highest BCUT2D eigenvalue weighted by Gasteiger charge is 2.19. The van der Waals surface area contributed by atoms with Crippen LogP contribution in [-0.2, 0) is 15.4 Å². The van der Waals surface area contributed by atoms with E-state index in [1.165, 1.54) is 11.3 Å². The molecule has 0 unspecified atom stereocenters. The number of anilines is 1. The second-order valence-corrected chi connectivity index (χ2v) is 7.70. The third kappa shape index (κ3) is 3.14. The van der Waals surface area contributed by atoms with Crippen LogP contribution in [0.5, 0.6) is 0 Å². The smallest absolute Gasteiger partial charge is 0.272 e. The minimum absolute atomic E-state index is 0.284. The molecule has 7 heteroatoms. The number of hydrogen-bond acceptors (Lipinski definition) is 3. The van der Waals surface area contributed by atoms with Crippen LogP contribution >= 0.6 is 43.2 Å². The fourth-order valence-corrected chi connectivity index (χ4v) is 5.13. The van der Waals surface area contributed by atoms with Crippen molar-refractivity contribution in [2.24, 2.45) is 0 Å². The maximum Gasteiger partial charge on any atom is 0.272 e. The molecule has 0 bridgehead atoms. The predicted octanol–water partition coefficient (Wildman–Crippen LogP) is 4.21. The maximum absolute atomic E-state index is 12.1. The van der Waals surface area contributed by atoms with Crippen LogP contribution in [0.1, 0.15) is 5.56 Å². The molecule has 3 nitrogen and oxygen atoms in total. The first-order chi connectivity index (χ1) is 8.53. The van der Waals surface area contributed by atoms with Gasteiger partial charge in [-0.15, -0.1) is 11.3 Å². The third-order valence-electron chi connectivity index (χ3n) is 2.16. The number of halogens is 2. The molecule has 0 radical (unpaired) electrons. The van der Waals surface area contributed by atoms with Gasteiger partial charge >= 0.3 is 0 Å². The lowest BCUT2D eigenvalue weighted by molar-refractivity contribution is 0.603. The van der Waals surface area contributed by atoms with Gasteiger partial charge in [0, 0.05) is 15.5 Å². The summed E-state index contributed by atoms with van der Waals surface area (Å²) in [6.45, 7) is 0. The van der Waals surface area contributed by atoms with Gasteiger partial charge in [-0.2, -0.15) is 0 Å². The van der Waals surface area contributed by atoms with Gasteiger partial charge in [-0.05, 0) is 45.1 Å². The molecule has 0 saturated carbocycles. The van der Waals surface area contributed by atoms with Crippen molar-refractivity contribution < 1.29 is 8.42 Å². The molecule has 1 aromatic heterocycles. The number of thiophene rings is 1. The molecule has 1 aromatic carbocycles. The molecular weight excluding hydrogens is 402 g/mol. The average Bonchev–Trinajstić information content (AvgIpc) is 2.76. The Balaban J connectivity index is 2.31. The number of sulfonamides is 1. The lowest BCUT2D eigenvalue weighted by atomic mass is 10.2. The predicted molar refractivity (Wildman–Crippen MR) is 81.9 cm³/mol.